The van der Waals surface area contributed by atoms with Crippen LogP contribution in [0, 0.1) is 11.7 Å². The Hall–Kier alpha value is -1.66. The van der Waals surface area contributed by atoms with Crippen LogP contribution in [0.4, 0.5) is 4.39 Å². The Kier molecular flexibility index (Phi) is 5.36. The van der Waals surface area contributed by atoms with E-state index in [1.54, 1.807) is 13.2 Å². The van der Waals surface area contributed by atoms with Gasteiger partial charge in [-0.2, -0.15) is 0 Å². The number of benzene rings is 1. The molecular weight excluding hydrogens is 311 g/mol. The Morgan fingerprint density at radius 2 is 2.17 bits per heavy atom. The van der Waals surface area contributed by atoms with Crippen molar-refractivity contribution >= 4 is 5.97 Å². The monoisotopic (exact) mass is 336 g/mol. The van der Waals surface area contributed by atoms with E-state index in [1.807, 2.05) is 0 Å². The highest BCUT2D eigenvalue weighted by atomic mass is 19.1. The second-order valence-corrected chi connectivity index (χ2v) is 6.93. The number of methoxy groups -OCH3 is 1. The van der Waals surface area contributed by atoms with Gasteiger partial charge in [-0.1, -0.05) is 0 Å². The maximum atomic E-state index is 13.4. The normalized spacial score (nSPS) is 23.1. The van der Waals surface area contributed by atoms with Gasteiger partial charge in [-0.25, -0.2) is 4.39 Å². The Morgan fingerprint density at radius 3 is 2.79 bits per heavy atom. The molecule has 1 aromatic rings. The van der Waals surface area contributed by atoms with Crippen LogP contribution in [0.25, 0.3) is 0 Å². The van der Waals surface area contributed by atoms with Crippen LogP contribution < -0.4 is 10.1 Å². The van der Waals surface area contributed by atoms with Crippen molar-refractivity contribution in [3.05, 3.63) is 29.6 Å². The highest BCUT2D eigenvalue weighted by Gasteiger charge is 2.36. The summed E-state index contributed by atoms with van der Waals surface area (Å²) in [6.45, 7) is 1.59. The molecule has 0 spiro atoms. The molecule has 0 aliphatic heterocycles. The predicted molar refractivity (Wildman–Crippen MR) is 88.5 cm³/mol. The molecule has 2 saturated carbocycles. The van der Waals surface area contributed by atoms with E-state index in [0.717, 1.165) is 24.9 Å². The zero-order valence-corrected chi connectivity index (χ0v) is 14.0. The Balaban J connectivity index is 1.47. The molecule has 24 heavy (non-hydrogen) atoms. The molecule has 2 aliphatic rings. The first kappa shape index (κ1) is 17.2. The van der Waals surface area contributed by atoms with Gasteiger partial charge in [0.15, 0.2) is 0 Å². The number of hydrogen-bond acceptors (Lipinski definition) is 4. The van der Waals surface area contributed by atoms with Gasteiger partial charge in [-0.3, -0.25) is 9.69 Å². The summed E-state index contributed by atoms with van der Waals surface area (Å²) >= 11 is 0. The lowest BCUT2D eigenvalue weighted by Gasteiger charge is -2.43. The lowest BCUT2D eigenvalue weighted by atomic mass is 9.85. The number of aliphatic carboxylic acids is 1. The first-order chi connectivity index (χ1) is 11.5. The number of nitrogens with one attached hydrogen (secondary N) is 1. The standard InChI is InChI=1S/C18H25FN2O3/c1-24-17-5-4-14(19)6-13(17)9-20-15-7-16(8-15)21(11-18(22)23)10-12-2-3-12/h4-6,12,15-16,20H,2-3,7-11H2,1H3,(H,22,23). The lowest BCUT2D eigenvalue weighted by molar-refractivity contribution is -0.139. The van der Waals surface area contributed by atoms with Crippen LogP contribution in [0.1, 0.15) is 31.2 Å². The van der Waals surface area contributed by atoms with Crippen LogP contribution in [-0.2, 0) is 11.3 Å². The second-order valence-electron chi connectivity index (χ2n) is 6.93. The Labute approximate surface area is 141 Å². The van der Waals surface area contributed by atoms with Gasteiger partial charge in [0.2, 0.25) is 0 Å². The molecule has 2 N–H and O–H groups in total. The fourth-order valence-electron chi connectivity index (χ4n) is 3.34. The zero-order chi connectivity index (χ0) is 17.1. The minimum atomic E-state index is -0.753. The molecule has 0 unspecified atom stereocenters. The summed E-state index contributed by atoms with van der Waals surface area (Å²) in [4.78, 5) is 13.2. The summed E-state index contributed by atoms with van der Waals surface area (Å²) in [6, 6.07) is 5.21. The molecular formula is C18H25FN2O3. The molecule has 0 saturated heterocycles. The average molecular weight is 336 g/mol. The highest BCUT2D eigenvalue weighted by molar-refractivity contribution is 5.69. The van der Waals surface area contributed by atoms with Crippen LogP contribution in [0.5, 0.6) is 5.75 Å². The molecule has 5 nitrogen and oxygen atoms in total. The van der Waals surface area contributed by atoms with Gasteiger partial charge in [0.1, 0.15) is 11.6 Å². The topological polar surface area (TPSA) is 61.8 Å². The van der Waals surface area contributed by atoms with E-state index in [9.17, 15) is 9.18 Å². The Bertz CT molecular complexity index is 586. The fourth-order valence-corrected chi connectivity index (χ4v) is 3.34. The summed E-state index contributed by atoms with van der Waals surface area (Å²) in [6.07, 6.45) is 4.34. The van der Waals surface area contributed by atoms with Crippen LogP contribution in [0.3, 0.4) is 0 Å². The molecule has 0 aromatic heterocycles. The molecule has 3 rings (SSSR count). The maximum Gasteiger partial charge on any atom is 0.317 e. The first-order valence-electron chi connectivity index (χ1n) is 8.56. The van der Waals surface area contributed by atoms with Crippen LogP contribution in [-0.4, -0.2) is 48.3 Å². The van der Waals surface area contributed by atoms with Crippen molar-refractivity contribution in [1.29, 1.82) is 0 Å². The van der Waals surface area contributed by atoms with E-state index in [0.29, 0.717) is 30.3 Å². The van der Waals surface area contributed by atoms with Crippen molar-refractivity contribution < 1.29 is 19.0 Å². The quantitative estimate of drug-likeness (QED) is 0.724. The minimum absolute atomic E-state index is 0.131. The molecule has 6 heteroatoms. The van der Waals surface area contributed by atoms with E-state index < -0.39 is 5.97 Å². The van der Waals surface area contributed by atoms with Crippen LogP contribution in [0.15, 0.2) is 18.2 Å². The number of nitrogens with zero attached hydrogens (tertiary/aromatic N) is 1. The summed E-state index contributed by atoms with van der Waals surface area (Å²) in [5, 5.41) is 12.5. The third kappa shape index (κ3) is 4.45. The van der Waals surface area contributed by atoms with Crippen LogP contribution >= 0.6 is 0 Å². The number of rotatable bonds is 9. The molecule has 2 aliphatic carbocycles. The number of carbonyl (C=O) groups is 1. The van der Waals surface area contributed by atoms with Gasteiger partial charge in [0, 0.05) is 30.7 Å². The largest absolute Gasteiger partial charge is 0.496 e. The molecule has 0 bridgehead atoms. The first-order valence-corrected chi connectivity index (χ1v) is 8.56. The predicted octanol–water partition coefficient (Wildman–Crippen LogP) is 2.25. The smallest absolute Gasteiger partial charge is 0.317 e. The molecule has 1 aromatic carbocycles. The number of carboxylic acid groups (broad SMARTS) is 1. The van der Waals surface area contributed by atoms with Crippen molar-refractivity contribution in [2.24, 2.45) is 5.92 Å². The van der Waals surface area contributed by atoms with Gasteiger partial charge in [-0.05, 0) is 49.8 Å². The highest BCUT2D eigenvalue weighted by Crippen LogP contribution is 2.34. The van der Waals surface area contributed by atoms with Crippen molar-refractivity contribution in [3.63, 3.8) is 0 Å². The molecule has 132 valence electrons. The maximum absolute atomic E-state index is 13.4. The van der Waals surface area contributed by atoms with E-state index in [2.05, 4.69) is 10.2 Å². The number of carboxylic acids is 1. The van der Waals surface area contributed by atoms with Crippen molar-refractivity contribution in [2.75, 3.05) is 20.2 Å². The third-order valence-electron chi connectivity index (χ3n) is 4.98. The second kappa shape index (κ2) is 7.49. The van der Waals surface area contributed by atoms with Crippen LogP contribution in [0.2, 0.25) is 0 Å². The summed E-state index contributed by atoms with van der Waals surface area (Å²) < 4.78 is 18.6. The van der Waals surface area contributed by atoms with Gasteiger partial charge in [0.05, 0.1) is 13.7 Å². The van der Waals surface area contributed by atoms with E-state index in [4.69, 9.17) is 9.84 Å². The fraction of sp³-hybridized carbons (Fsp3) is 0.611. The molecule has 0 atom stereocenters. The van der Waals surface area contributed by atoms with E-state index in [1.165, 1.54) is 25.0 Å². The van der Waals surface area contributed by atoms with Gasteiger partial charge in [-0.15, -0.1) is 0 Å². The SMILES string of the molecule is COc1ccc(F)cc1CNC1CC(N(CC(=O)O)CC2CC2)C1. The molecule has 0 heterocycles. The number of hydrogen-bond donors (Lipinski definition) is 2. The summed E-state index contributed by atoms with van der Waals surface area (Å²) in [7, 11) is 1.58. The number of halogens is 1. The third-order valence-corrected chi connectivity index (χ3v) is 4.98. The summed E-state index contributed by atoms with van der Waals surface area (Å²) in [5.74, 6) is 0.349. The van der Waals surface area contributed by atoms with E-state index in [-0.39, 0.29) is 12.4 Å². The lowest BCUT2D eigenvalue weighted by Crippen LogP contribution is -2.54. The van der Waals surface area contributed by atoms with Gasteiger partial charge >= 0.3 is 5.97 Å². The average Bonchev–Trinajstić information content (AvgIpc) is 3.29. The summed E-state index contributed by atoms with van der Waals surface area (Å²) in [5.41, 5.74) is 0.807. The van der Waals surface area contributed by atoms with E-state index >= 15 is 0 Å². The van der Waals surface area contributed by atoms with Crippen molar-refractivity contribution in [2.45, 2.75) is 44.3 Å². The van der Waals surface area contributed by atoms with Crippen molar-refractivity contribution in [1.82, 2.24) is 10.2 Å². The molecule has 2 fully saturated rings. The Morgan fingerprint density at radius 1 is 1.42 bits per heavy atom. The zero-order valence-electron chi connectivity index (χ0n) is 14.0. The number of ether oxygens (including phenoxy) is 1. The molecule has 0 radical (unpaired) electrons. The van der Waals surface area contributed by atoms with Crippen molar-refractivity contribution in [3.8, 4) is 5.75 Å². The van der Waals surface area contributed by atoms with Gasteiger partial charge in [0.25, 0.3) is 0 Å². The van der Waals surface area contributed by atoms with Gasteiger partial charge < -0.3 is 15.2 Å². The molecule has 0 amide bonds. The minimum Gasteiger partial charge on any atom is -0.496 e.